The molecule has 0 radical (unpaired) electrons. The fourth-order valence-electron chi connectivity index (χ4n) is 3.05. The van der Waals surface area contributed by atoms with Gasteiger partial charge in [-0.1, -0.05) is 26.0 Å². The van der Waals surface area contributed by atoms with Crippen molar-refractivity contribution in [2.75, 3.05) is 5.32 Å². The second-order valence-corrected chi connectivity index (χ2v) is 9.37. The molecule has 2 aromatic heterocycles. The van der Waals surface area contributed by atoms with E-state index in [0.29, 0.717) is 12.1 Å². The maximum absolute atomic E-state index is 12.9. The number of rotatable bonds is 8. The summed E-state index contributed by atoms with van der Waals surface area (Å²) < 4.78 is 38.8. The number of nitrogens with zero attached hydrogens (tertiary/aromatic N) is 3. The Morgan fingerprint density at radius 3 is 2.65 bits per heavy atom. The Morgan fingerprint density at radius 1 is 1.18 bits per heavy atom. The second-order valence-electron chi connectivity index (χ2n) is 8.25. The molecule has 11 heteroatoms. The molecular formula is C23H25F3N6OS. The van der Waals surface area contributed by atoms with Gasteiger partial charge < -0.3 is 10.7 Å². The molecule has 34 heavy (non-hydrogen) atoms. The average Bonchev–Trinajstić information content (AvgIpc) is 3.21. The van der Waals surface area contributed by atoms with E-state index < -0.39 is 17.3 Å². The number of anilines is 2. The van der Waals surface area contributed by atoms with Gasteiger partial charge in [-0.3, -0.25) is 10.2 Å². The van der Waals surface area contributed by atoms with Gasteiger partial charge in [0.25, 0.3) is 0 Å². The Morgan fingerprint density at radius 2 is 1.94 bits per heavy atom. The number of hydrazine groups is 1. The van der Waals surface area contributed by atoms with Crippen molar-refractivity contribution in [3.05, 3.63) is 65.2 Å². The van der Waals surface area contributed by atoms with Gasteiger partial charge in [0, 0.05) is 30.7 Å². The zero-order valence-corrected chi connectivity index (χ0v) is 19.9. The van der Waals surface area contributed by atoms with E-state index in [1.165, 1.54) is 11.3 Å². The molecule has 0 spiro atoms. The molecule has 3 aromatic rings. The maximum Gasteiger partial charge on any atom is 0.433 e. The lowest BCUT2D eigenvalue weighted by atomic mass is 9.89. The normalized spacial score (nSPS) is 12.1. The molecule has 0 aliphatic heterocycles. The number of hydrogen-bond donors (Lipinski definition) is 3. The van der Waals surface area contributed by atoms with Gasteiger partial charge in [0.15, 0.2) is 0 Å². The Hall–Kier alpha value is -3.47. The van der Waals surface area contributed by atoms with Crippen LogP contribution in [-0.2, 0) is 17.4 Å². The highest BCUT2D eigenvalue weighted by Crippen LogP contribution is 2.33. The molecule has 0 aliphatic rings. The number of allylic oxidation sites excluding steroid dienone is 1. The van der Waals surface area contributed by atoms with E-state index in [9.17, 15) is 18.0 Å². The molecule has 0 saturated carbocycles. The Balaban J connectivity index is 1.77. The Bertz CT molecular complexity index is 1190. The van der Waals surface area contributed by atoms with Crippen LogP contribution in [0.3, 0.4) is 0 Å². The number of benzene rings is 1. The number of halogens is 3. The average molecular weight is 491 g/mol. The van der Waals surface area contributed by atoms with Crippen LogP contribution in [0.5, 0.6) is 0 Å². The number of aryl methyl sites for hydroxylation is 1. The molecule has 0 unspecified atom stereocenters. The lowest BCUT2D eigenvalue weighted by Gasteiger charge is -2.22. The van der Waals surface area contributed by atoms with Crippen molar-refractivity contribution in [1.82, 2.24) is 25.8 Å². The summed E-state index contributed by atoms with van der Waals surface area (Å²) in [5.41, 5.74) is 5.96. The topological polar surface area (TPSA) is 91.8 Å². The molecule has 1 amide bonds. The zero-order chi connectivity index (χ0) is 24.9. The van der Waals surface area contributed by atoms with Crippen molar-refractivity contribution in [3.63, 3.8) is 0 Å². The molecule has 0 fully saturated rings. The standard InChI is InChI=1S/C23H25F3N6OS/c1-5-7-29-32-20(33)22(3,4)12-19-28-13-17(34-19)15-9-14(2)10-16(11-15)30-21-27-8-6-18(31-21)23(24,25)26/h5-11,13,29H,12H2,1-4H3,(H,32,33)(H,27,30,31). The van der Waals surface area contributed by atoms with Gasteiger partial charge in [-0.05, 0) is 43.2 Å². The van der Waals surface area contributed by atoms with Crippen LogP contribution >= 0.6 is 11.3 Å². The van der Waals surface area contributed by atoms with Gasteiger partial charge in [-0.15, -0.1) is 11.3 Å². The zero-order valence-electron chi connectivity index (χ0n) is 19.1. The van der Waals surface area contributed by atoms with E-state index in [0.717, 1.165) is 33.3 Å². The number of aromatic nitrogens is 3. The van der Waals surface area contributed by atoms with Gasteiger partial charge in [0.2, 0.25) is 11.9 Å². The predicted octanol–water partition coefficient (Wildman–Crippen LogP) is 5.39. The number of carbonyl (C=O) groups excluding carboxylic acids is 1. The van der Waals surface area contributed by atoms with Gasteiger partial charge in [-0.2, -0.15) is 13.2 Å². The first-order valence-corrected chi connectivity index (χ1v) is 11.2. The first-order chi connectivity index (χ1) is 16.0. The van der Waals surface area contributed by atoms with E-state index in [4.69, 9.17) is 0 Å². The highest BCUT2D eigenvalue weighted by molar-refractivity contribution is 7.15. The van der Waals surface area contributed by atoms with Crippen LogP contribution in [-0.4, -0.2) is 20.9 Å². The molecule has 0 atom stereocenters. The number of amides is 1. The van der Waals surface area contributed by atoms with Crippen LogP contribution in [0.4, 0.5) is 24.8 Å². The first-order valence-electron chi connectivity index (χ1n) is 10.4. The van der Waals surface area contributed by atoms with Crippen molar-refractivity contribution >= 4 is 28.9 Å². The van der Waals surface area contributed by atoms with Crippen LogP contribution < -0.4 is 16.2 Å². The summed E-state index contributed by atoms with van der Waals surface area (Å²) in [6.07, 6.45) is 2.08. The highest BCUT2D eigenvalue weighted by Gasteiger charge is 2.33. The van der Waals surface area contributed by atoms with Gasteiger partial charge in [-0.25, -0.2) is 15.0 Å². The van der Waals surface area contributed by atoms with E-state index in [1.807, 2.05) is 33.8 Å². The maximum atomic E-state index is 12.9. The number of hydrogen-bond acceptors (Lipinski definition) is 7. The number of carbonyl (C=O) groups is 1. The summed E-state index contributed by atoms with van der Waals surface area (Å²) in [7, 11) is 0. The lowest BCUT2D eigenvalue weighted by Crippen LogP contribution is -2.43. The SMILES string of the molecule is CC=CNNC(=O)C(C)(C)Cc1ncc(-c2cc(C)cc(Nc3nccc(C(F)(F)F)n3)c2)s1. The molecule has 3 N–H and O–H groups in total. The Kier molecular flexibility index (Phi) is 7.55. The van der Waals surface area contributed by atoms with Crippen molar-refractivity contribution in [2.24, 2.45) is 5.41 Å². The van der Waals surface area contributed by atoms with Gasteiger partial charge >= 0.3 is 6.18 Å². The molecule has 7 nitrogen and oxygen atoms in total. The minimum Gasteiger partial charge on any atom is -0.324 e. The molecule has 2 heterocycles. The third-order valence-electron chi connectivity index (χ3n) is 4.76. The summed E-state index contributed by atoms with van der Waals surface area (Å²) >= 11 is 1.45. The fraction of sp³-hybridized carbons (Fsp3) is 0.304. The first kappa shape index (κ1) is 25.2. The minimum atomic E-state index is -4.55. The minimum absolute atomic E-state index is 0.143. The molecule has 0 bridgehead atoms. The molecule has 0 saturated heterocycles. The third kappa shape index (κ3) is 6.53. The predicted molar refractivity (Wildman–Crippen MR) is 126 cm³/mol. The highest BCUT2D eigenvalue weighted by atomic mass is 32.1. The largest absolute Gasteiger partial charge is 0.433 e. The second kappa shape index (κ2) is 10.2. The monoisotopic (exact) mass is 490 g/mol. The van der Waals surface area contributed by atoms with Crippen LogP contribution in [0.25, 0.3) is 10.4 Å². The molecular weight excluding hydrogens is 465 g/mol. The molecule has 0 aliphatic carbocycles. The summed E-state index contributed by atoms with van der Waals surface area (Å²) in [6.45, 7) is 7.39. The fourth-order valence-corrected chi connectivity index (χ4v) is 4.18. The van der Waals surface area contributed by atoms with E-state index in [1.54, 1.807) is 30.6 Å². The van der Waals surface area contributed by atoms with Crippen LogP contribution in [0.15, 0.2) is 48.9 Å². The number of nitrogens with one attached hydrogen (secondary N) is 3. The van der Waals surface area contributed by atoms with Crippen molar-refractivity contribution in [3.8, 4) is 10.4 Å². The number of thiazole rings is 1. The molecule has 3 rings (SSSR count). The van der Waals surface area contributed by atoms with Crippen LogP contribution in [0.1, 0.15) is 37.0 Å². The van der Waals surface area contributed by atoms with E-state index in [2.05, 4.69) is 31.1 Å². The van der Waals surface area contributed by atoms with Gasteiger partial charge in [0.05, 0.1) is 15.3 Å². The summed E-state index contributed by atoms with van der Waals surface area (Å²) in [5, 5.41) is 3.64. The smallest absolute Gasteiger partial charge is 0.324 e. The summed E-state index contributed by atoms with van der Waals surface area (Å²) in [6, 6.07) is 6.37. The lowest BCUT2D eigenvalue weighted by molar-refractivity contribution is -0.141. The Labute approximate surface area is 199 Å². The van der Waals surface area contributed by atoms with E-state index >= 15 is 0 Å². The molecule has 1 aromatic carbocycles. The quantitative estimate of drug-likeness (QED) is 0.367. The van der Waals surface area contributed by atoms with Crippen molar-refractivity contribution < 1.29 is 18.0 Å². The molecule has 180 valence electrons. The number of alkyl halides is 3. The van der Waals surface area contributed by atoms with Crippen molar-refractivity contribution in [1.29, 1.82) is 0 Å². The third-order valence-corrected chi connectivity index (χ3v) is 5.81. The van der Waals surface area contributed by atoms with Crippen molar-refractivity contribution in [2.45, 2.75) is 40.3 Å². The van der Waals surface area contributed by atoms with Gasteiger partial charge in [0.1, 0.15) is 5.69 Å². The summed E-state index contributed by atoms with van der Waals surface area (Å²) in [5.74, 6) is -0.305. The van der Waals surface area contributed by atoms with Crippen LogP contribution in [0, 0.1) is 12.3 Å². The summed E-state index contributed by atoms with van der Waals surface area (Å²) in [4.78, 5) is 25.2. The van der Waals surface area contributed by atoms with E-state index in [-0.39, 0.29) is 11.9 Å². The van der Waals surface area contributed by atoms with Crippen LogP contribution in [0.2, 0.25) is 0 Å².